The fourth-order valence-electron chi connectivity index (χ4n) is 2.85. The molecule has 0 saturated carbocycles. The summed E-state index contributed by atoms with van der Waals surface area (Å²) in [5.74, 6) is -0.753. The van der Waals surface area contributed by atoms with Crippen LogP contribution in [0.15, 0.2) is 59.0 Å². The summed E-state index contributed by atoms with van der Waals surface area (Å²) in [6.07, 6.45) is -0.498. The summed E-state index contributed by atoms with van der Waals surface area (Å²) < 4.78 is 30.3. The second kappa shape index (κ2) is 8.99. The molecule has 29 heavy (non-hydrogen) atoms. The third-order valence-electron chi connectivity index (χ3n) is 4.25. The number of carboxylic acid groups (broad SMARTS) is 1. The molecule has 0 spiro atoms. The van der Waals surface area contributed by atoms with Gasteiger partial charge in [0.25, 0.3) is 0 Å². The molecular formula is C20H20N3O5S-. The minimum atomic E-state index is -2.68. The number of aromatic nitrogens is 1. The number of hydrogen-bond donors (Lipinski definition) is 2. The number of benzene rings is 2. The van der Waals surface area contributed by atoms with E-state index in [1.807, 2.05) is 73.6 Å². The predicted octanol–water partition coefficient (Wildman–Crippen LogP) is 2.97. The molecule has 1 aromatic heterocycles. The van der Waals surface area contributed by atoms with Gasteiger partial charge in [-0.3, -0.25) is 9.00 Å². The molecule has 0 fully saturated rings. The van der Waals surface area contributed by atoms with Crippen molar-refractivity contribution in [3.63, 3.8) is 0 Å². The highest BCUT2D eigenvalue weighted by Crippen LogP contribution is 2.35. The van der Waals surface area contributed by atoms with E-state index in [0.29, 0.717) is 11.5 Å². The average molecular weight is 414 g/mol. The van der Waals surface area contributed by atoms with Gasteiger partial charge in [0, 0.05) is 42.2 Å². The van der Waals surface area contributed by atoms with Crippen LogP contribution in [0.5, 0.6) is 0 Å². The Labute approximate surface area is 170 Å². The topological polar surface area (TPSA) is 119 Å². The molecule has 1 unspecified atom stereocenters. The van der Waals surface area contributed by atoms with E-state index < -0.39 is 29.7 Å². The van der Waals surface area contributed by atoms with E-state index >= 15 is 0 Å². The van der Waals surface area contributed by atoms with Crippen molar-refractivity contribution in [2.45, 2.75) is 12.5 Å². The lowest BCUT2D eigenvalue weighted by Crippen LogP contribution is -2.25. The van der Waals surface area contributed by atoms with Gasteiger partial charge in [0.05, 0.1) is 6.42 Å². The van der Waals surface area contributed by atoms with Crippen molar-refractivity contribution in [3.8, 4) is 22.6 Å². The van der Waals surface area contributed by atoms with Crippen molar-refractivity contribution in [1.29, 1.82) is 0 Å². The van der Waals surface area contributed by atoms with Crippen molar-refractivity contribution in [2.75, 3.05) is 19.0 Å². The molecule has 0 saturated heterocycles. The van der Waals surface area contributed by atoms with Gasteiger partial charge in [-0.05, 0) is 24.3 Å². The van der Waals surface area contributed by atoms with E-state index in [-0.39, 0.29) is 5.89 Å². The van der Waals surface area contributed by atoms with Crippen molar-refractivity contribution in [2.24, 2.45) is 0 Å². The van der Waals surface area contributed by atoms with Crippen molar-refractivity contribution >= 4 is 22.9 Å². The number of nitrogens with zero attached hydrogens (tertiary/aromatic N) is 2. The highest BCUT2D eigenvalue weighted by molar-refractivity contribution is 7.77. The van der Waals surface area contributed by atoms with Crippen molar-refractivity contribution < 1.29 is 23.1 Å². The van der Waals surface area contributed by atoms with E-state index in [0.717, 1.165) is 16.8 Å². The smallest absolute Gasteiger partial charge is 0.305 e. The first-order valence-electron chi connectivity index (χ1n) is 8.76. The van der Waals surface area contributed by atoms with E-state index in [2.05, 4.69) is 9.71 Å². The maximum absolute atomic E-state index is 11.2. The van der Waals surface area contributed by atoms with Crippen LogP contribution < -0.4 is 9.62 Å². The Morgan fingerprint density at radius 3 is 2.38 bits per heavy atom. The summed E-state index contributed by atoms with van der Waals surface area (Å²) in [6, 6.07) is 15.7. The first kappa shape index (κ1) is 20.7. The molecule has 152 valence electrons. The normalized spacial score (nSPS) is 13.1. The monoisotopic (exact) mass is 414 g/mol. The summed E-state index contributed by atoms with van der Waals surface area (Å²) in [4.78, 5) is 17.6. The van der Waals surface area contributed by atoms with Crippen LogP contribution in [0.2, 0.25) is 0 Å². The zero-order chi connectivity index (χ0) is 21.0. The lowest BCUT2D eigenvalue weighted by atomic mass is 10.1. The third kappa shape index (κ3) is 5.08. The largest absolute Gasteiger partial charge is 0.760 e. The second-order valence-electron chi connectivity index (χ2n) is 6.54. The van der Waals surface area contributed by atoms with Gasteiger partial charge in [0.15, 0.2) is 5.76 Å². The average Bonchev–Trinajstić information content (AvgIpc) is 3.13. The van der Waals surface area contributed by atoms with Crippen LogP contribution in [-0.4, -0.2) is 38.9 Å². The maximum Gasteiger partial charge on any atom is 0.305 e. The molecule has 0 aliphatic heterocycles. The quantitative estimate of drug-likeness (QED) is 0.544. The Morgan fingerprint density at radius 1 is 1.17 bits per heavy atom. The number of anilines is 1. The zero-order valence-electron chi connectivity index (χ0n) is 15.9. The number of carbonyl (C=O) groups is 1. The van der Waals surface area contributed by atoms with Gasteiger partial charge in [0.2, 0.25) is 5.89 Å². The van der Waals surface area contributed by atoms with Gasteiger partial charge in [-0.25, -0.2) is 9.71 Å². The standard InChI is InChI=1S/C20H21N3O5S/c1-23(2)15-10-8-14(9-11-15)19-18(13-6-4-3-5-7-13)21-20(28-19)16(12-17(24)25)22-29(26)27/h3-11,16,22H,12H2,1-2H3,(H,24,25)(H,26,27)/p-1/t16-/m0/s1. The molecule has 0 aliphatic carbocycles. The van der Waals surface area contributed by atoms with Gasteiger partial charge < -0.3 is 19.0 Å². The van der Waals surface area contributed by atoms with Crippen LogP contribution in [0.3, 0.4) is 0 Å². The highest BCUT2D eigenvalue weighted by atomic mass is 32.2. The summed E-state index contributed by atoms with van der Waals surface area (Å²) in [6.45, 7) is 0. The first-order valence-corrected chi connectivity index (χ1v) is 9.83. The molecule has 8 nitrogen and oxygen atoms in total. The van der Waals surface area contributed by atoms with Crippen LogP contribution >= 0.6 is 0 Å². The molecule has 0 aliphatic rings. The van der Waals surface area contributed by atoms with Crippen LogP contribution in [-0.2, 0) is 16.1 Å². The lowest BCUT2D eigenvalue weighted by Gasteiger charge is -2.15. The second-order valence-corrected chi connectivity index (χ2v) is 7.25. The van der Waals surface area contributed by atoms with Crippen LogP contribution in [0.4, 0.5) is 5.69 Å². The molecule has 9 heteroatoms. The lowest BCUT2D eigenvalue weighted by molar-refractivity contribution is -0.137. The van der Waals surface area contributed by atoms with Gasteiger partial charge in [-0.2, -0.15) is 0 Å². The number of rotatable bonds is 8. The molecule has 2 atom stereocenters. The van der Waals surface area contributed by atoms with E-state index in [9.17, 15) is 13.6 Å². The summed E-state index contributed by atoms with van der Waals surface area (Å²) in [5, 5.41) is 9.14. The van der Waals surface area contributed by atoms with Crippen LogP contribution in [0.25, 0.3) is 22.6 Å². The molecule has 3 rings (SSSR count). The number of aliphatic carboxylic acids is 1. The van der Waals surface area contributed by atoms with Gasteiger partial charge >= 0.3 is 5.97 Å². The first-order chi connectivity index (χ1) is 13.8. The highest BCUT2D eigenvalue weighted by Gasteiger charge is 2.25. The van der Waals surface area contributed by atoms with Crippen molar-refractivity contribution in [3.05, 3.63) is 60.5 Å². The van der Waals surface area contributed by atoms with E-state index in [1.165, 1.54) is 0 Å². The Bertz CT molecular complexity index is 987. The number of hydrogen-bond acceptors (Lipinski definition) is 6. The summed E-state index contributed by atoms with van der Waals surface area (Å²) >= 11 is -2.68. The fraction of sp³-hybridized carbons (Fsp3) is 0.200. The predicted molar refractivity (Wildman–Crippen MR) is 109 cm³/mol. The summed E-state index contributed by atoms with van der Waals surface area (Å²) in [5.41, 5.74) is 3.02. The number of oxazole rings is 1. The third-order valence-corrected chi connectivity index (χ3v) is 4.73. The van der Waals surface area contributed by atoms with Gasteiger partial charge in [0.1, 0.15) is 11.7 Å². The van der Waals surface area contributed by atoms with Gasteiger partial charge in [-0.15, -0.1) is 0 Å². The summed E-state index contributed by atoms with van der Waals surface area (Å²) in [7, 11) is 3.87. The Balaban J connectivity index is 2.10. The van der Waals surface area contributed by atoms with Crippen LogP contribution in [0.1, 0.15) is 18.4 Å². The van der Waals surface area contributed by atoms with Gasteiger partial charge in [-0.1, -0.05) is 30.3 Å². The molecule has 3 aromatic rings. The minimum Gasteiger partial charge on any atom is -0.760 e. The maximum atomic E-state index is 11.2. The molecular weight excluding hydrogens is 394 g/mol. The SMILES string of the molecule is CN(C)c1ccc(-c2oc([C@H](CC(=O)O)NS(=O)[O-])nc2-c2ccccc2)cc1. The molecule has 1 heterocycles. The zero-order valence-corrected chi connectivity index (χ0v) is 16.7. The Hall–Kier alpha value is -3.01. The van der Waals surface area contributed by atoms with Crippen LogP contribution in [0, 0.1) is 0 Å². The Kier molecular flexibility index (Phi) is 6.42. The fourth-order valence-corrected chi connectivity index (χ4v) is 3.27. The minimum absolute atomic E-state index is 0.0119. The van der Waals surface area contributed by atoms with E-state index in [4.69, 9.17) is 9.52 Å². The molecule has 0 bridgehead atoms. The number of nitrogens with one attached hydrogen (secondary N) is 1. The molecule has 2 N–H and O–H groups in total. The van der Waals surface area contributed by atoms with E-state index in [1.54, 1.807) is 0 Å². The van der Waals surface area contributed by atoms with Crippen molar-refractivity contribution in [1.82, 2.24) is 9.71 Å². The number of carboxylic acids is 1. The molecule has 2 aromatic carbocycles. The molecule has 0 amide bonds. The Morgan fingerprint density at radius 2 is 1.83 bits per heavy atom. The molecule has 0 radical (unpaired) electrons.